The minimum absolute atomic E-state index is 0.0129. The number of amides is 1. The van der Waals surface area contributed by atoms with Gasteiger partial charge >= 0.3 is 0 Å². The van der Waals surface area contributed by atoms with Crippen LogP contribution >= 0.6 is 0 Å². The molecule has 0 unspecified atom stereocenters. The van der Waals surface area contributed by atoms with Crippen LogP contribution in [0.15, 0.2) is 24.3 Å². The molecule has 106 valence electrons. The van der Waals surface area contributed by atoms with Crippen molar-refractivity contribution in [3.8, 4) is 5.75 Å². The summed E-state index contributed by atoms with van der Waals surface area (Å²) in [7, 11) is 0. The Bertz CT molecular complexity index is 421. The van der Waals surface area contributed by atoms with Gasteiger partial charge < -0.3 is 15.2 Å². The van der Waals surface area contributed by atoms with Gasteiger partial charge in [0.15, 0.2) is 11.6 Å². The third-order valence-corrected chi connectivity index (χ3v) is 2.64. The average Bonchev–Trinajstić information content (AvgIpc) is 2.30. The lowest BCUT2D eigenvalue weighted by atomic mass is 10.0. The first-order valence-electron chi connectivity index (χ1n) is 6.24. The lowest BCUT2D eigenvalue weighted by Crippen LogP contribution is -2.44. The quantitative estimate of drug-likeness (QED) is 0.794. The maximum absolute atomic E-state index is 13.2. The second kappa shape index (κ2) is 7.09. The Morgan fingerprint density at radius 2 is 2.11 bits per heavy atom. The molecule has 0 aliphatic rings. The van der Waals surface area contributed by atoms with Crippen LogP contribution < -0.4 is 10.1 Å². The summed E-state index contributed by atoms with van der Waals surface area (Å²) in [5, 5.41) is 11.6. The molecule has 0 heterocycles. The Kier molecular flexibility index (Phi) is 5.76. The van der Waals surface area contributed by atoms with Crippen LogP contribution in [0.1, 0.15) is 26.7 Å². The number of benzene rings is 1. The van der Waals surface area contributed by atoms with Crippen molar-refractivity contribution in [2.24, 2.45) is 0 Å². The Balaban J connectivity index is 2.33. The SMILES string of the molecule is CC(C)(CCO)NC(=O)CCOc1ccccc1F. The second-order valence-electron chi connectivity index (χ2n) is 4.93. The molecule has 4 nitrogen and oxygen atoms in total. The Labute approximate surface area is 112 Å². The summed E-state index contributed by atoms with van der Waals surface area (Å²) >= 11 is 0. The number of carbonyl (C=O) groups excluding carboxylic acids is 1. The van der Waals surface area contributed by atoms with E-state index in [2.05, 4.69) is 5.32 Å². The first-order chi connectivity index (χ1) is 8.94. The number of nitrogens with one attached hydrogen (secondary N) is 1. The Hall–Kier alpha value is -1.62. The molecule has 0 spiro atoms. The number of halogens is 1. The monoisotopic (exact) mass is 269 g/mol. The first kappa shape index (κ1) is 15.4. The fourth-order valence-corrected chi connectivity index (χ4v) is 1.60. The largest absolute Gasteiger partial charge is 0.490 e. The minimum Gasteiger partial charge on any atom is -0.490 e. The molecule has 0 aliphatic heterocycles. The molecule has 0 aromatic heterocycles. The van der Waals surface area contributed by atoms with E-state index in [9.17, 15) is 9.18 Å². The van der Waals surface area contributed by atoms with E-state index >= 15 is 0 Å². The zero-order valence-corrected chi connectivity index (χ0v) is 11.3. The van der Waals surface area contributed by atoms with E-state index in [4.69, 9.17) is 9.84 Å². The molecular weight excluding hydrogens is 249 g/mol. The predicted molar refractivity (Wildman–Crippen MR) is 70.4 cm³/mol. The fourth-order valence-electron chi connectivity index (χ4n) is 1.60. The highest BCUT2D eigenvalue weighted by Crippen LogP contribution is 2.15. The van der Waals surface area contributed by atoms with E-state index in [1.54, 1.807) is 12.1 Å². The number of hydrogen-bond donors (Lipinski definition) is 2. The topological polar surface area (TPSA) is 58.6 Å². The van der Waals surface area contributed by atoms with Crippen molar-refractivity contribution in [1.82, 2.24) is 5.32 Å². The van der Waals surface area contributed by atoms with Crippen LogP contribution in [-0.2, 0) is 4.79 Å². The van der Waals surface area contributed by atoms with Gasteiger partial charge in [-0.2, -0.15) is 0 Å². The zero-order valence-electron chi connectivity index (χ0n) is 11.3. The molecule has 0 bridgehead atoms. The van der Waals surface area contributed by atoms with Gasteiger partial charge in [-0.1, -0.05) is 12.1 Å². The highest BCUT2D eigenvalue weighted by molar-refractivity contribution is 5.76. The van der Waals surface area contributed by atoms with Gasteiger partial charge in [-0.25, -0.2) is 4.39 Å². The summed E-state index contributed by atoms with van der Waals surface area (Å²) < 4.78 is 18.4. The van der Waals surface area contributed by atoms with Crippen molar-refractivity contribution < 1.29 is 19.0 Å². The molecule has 0 radical (unpaired) electrons. The number of aliphatic hydroxyl groups excluding tert-OH is 1. The lowest BCUT2D eigenvalue weighted by Gasteiger charge is -2.25. The molecule has 0 aliphatic carbocycles. The average molecular weight is 269 g/mol. The van der Waals surface area contributed by atoms with Crippen LogP contribution in [0.2, 0.25) is 0 Å². The van der Waals surface area contributed by atoms with Crippen molar-refractivity contribution in [2.45, 2.75) is 32.2 Å². The van der Waals surface area contributed by atoms with Gasteiger partial charge in [0.2, 0.25) is 5.91 Å². The highest BCUT2D eigenvalue weighted by atomic mass is 19.1. The molecule has 1 amide bonds. The van der Waals surface area contributed by atoms with Crippen molar-refractivity contribution in [3.63, 3.8) is 0 Å². The van der Waals surface area contributed by atoms with Gasteiger partial charge in [-0.05, 0) is 32.4 Å². The number of aliphatic hydroxyl groups is 1. The van der Waals surface area contributed by atoms with E-state index in [-0.39, 0.29) is 31.3 Å². The lowest BCUT2D eigenvalue weighted by molar-refractivity contribution is -0.123. The van der Waals surface area contributed by atoms with Gasteiger partial charge in [0, 0.05) is 12.1 Å². The maximum Gasteiger partial charge on any atom is 0.223 e. The van der Waals surface area contributed by atoms with Gasteiger partial charge in [-0.3, -0.25) is 4.79 Å². The molecule has 1 aromatic carbocycles. The maximum atomic E-state index is 13.2. The van der Waals surface area contributed by atoms with Crippen LogP contribution in [0.25, 0.3) is 0 Å². The number of para-hydroxylation sites is 1. The van der Waals surface area contributed by atoms with Crippen molar-refractivity contribution in [2.75, 3.05) is 13.2 Å². The summed E-state index contributed by atoms with van der Waals surface area (Å²) in [6.07, 6.45) is 0.621. The van der Waals surface area contributed by atoms with Crippen LogP contribution in [0.3, 0.4) is 0 Å². The van der Waals surface area contributed by atoms with Gasteiger partial charge in [0.05, 0.1) is 13.0 Å². The van der Waals surface area contributed by atoms with Gasteiger partial charge in [0.25, 0.3) is 0 Å². The van der Waals surface area contributed by atoms with E-state index in [1.165, 1.54) is 12.1 Å². The third-order valence-electron chi connectivity index (χ3n) is 2.64. The van der Waals surface area contributed by atoms with Crippen LogP contribution in [0.5, 0.6) is 5.75 Å². The van der Waals surface area contributed by atoms with E-state index in [0.717, 1.165) is 0 Å². The molecule has 0 saturated heterocycles. The Morgan fingerprint density at radius 3 is 2.74 bits per heavy atom. The van der Waals surface area contributed by atoms with E-state index in [0.29, 0.717) is 6.42 Å². The van der Waals surface area contributed by atoms with Crippen LogP contribution in [0, 0.1) is 5.82 Å². The zero-order chi connectivity index (χ0) is 14.3. The van der Waals surface area contributed by atoms with Crippen LogP contribution in [0.4, 0.5) is 4.39 Å². The number of carbonyl (C=O) groups is 1. The van der Waals surface area contributed by atoms with E-state index < -0.39 is 11.4 Å². The molecule has 1 aromatic rings. The summed E-state index contributed by atoms with van der Waals surface area (Å²) in [6.45, 7) is 3.79. The first-order valence-corrected chi connectivity index (χ1v) is 6.24. The molecule has 19 heavy (non-hydrogen) atoms. The number of ether oxygens (including phenoxy) is 1. The van der Waals surface area contributed by atoms with Gasteiger partial charge in [-0.15, -0.1) is 0 Å². The summed E-state index contributed by atoms with van der Waals surface area (Å²) in [5.41, 5.74) is -0.455. The number of hydrogen-bond acceptors (Lipinski definition) is 3. The smallest absolute Gasteiger partial charge is 0.223 e. The predicted octanol–water partition coefficient (Wildman–Crippen LogP) is 1.87. The molecule has 0 fully saturated rings. The number of rotatable bonds is 7. The minimum atomic E-state index is -0.455. The summed E-state index contributed by atoms with van der Waals surface area (Å²) in [5.74, 6) is -0.483. The summed E-state index contributed by atoms with van der Waals surface area (Å²) in [6, 6.07) is 6.07. The van der Waals surface area contributed by atoms with Gasteiger partial charge in [0.1, 0.15) is 0 Å². The normalized spacial score (nSPS) is 11.2. The van der Waals surface area contributed by atoms with Crippen molar-refractivity contribution in [3.05, 3.63) is 30.1 Å². The Morgan fingerprint density at radius 1 is 1.42 bits per heavy atom. The molecule has 0 atom stereocenters. The third kappa shape index (κ3) is 5.70. The van der Waals surface area contributed by atoms with Crippen molar-refractivity contribution in [1.29, 1.82) is 0 Å². The fraction of sp³-hybridized carbons (Fsp3) is 0.500. The standard InChI is InChI=1S/C14H20FNO3/c1-14(2,8-9-17)16-13(18)7-10-19-12-6-4-3-5-11(12)15/h3-6,17H,7-10H2,1-2H3,(H,16,18). The summed E-state index contributed by atoms with van der Waals surface area (Å²) in [4.78, 5) is 11.6. The molecular formula is C14H20FNO3. The highest BCUT2D eigenvalue weighted by Gasteiger charge is 2.19. The second-order valence-corrected chi connectivity index (χ2v) is 4.93. The molecule has 1 rings (SSSR count). The molecule has 2 N–H and O–H groups in total. The van der Waals surface area contributed by atoms with Crippen LogP contribution in [-0.4, -0.2) is 29.8 Å². The molecule has 0 saturated carbocycles. The van der Waals surface area contributed by atoms with Crippen molar-refractivity contribution >= 4 is 5.91 Å². The van der Waals surface area contributed by atoms with E-state index in [1.807, 2.05) is 13.8 Å². The molecule has 5 heteroatoms.